The van der Waals surface area contributed by atoms with Crippen LogP contribution in [0, 0.1) is 6.92 Å². The summed E-state index contributed by atoms with van der Waals surface area (Å²) in [7, 11) is 0. The van der Waals surface area contributed by atoms with Crippen molar-refractivity contribution in [3.63, 3.8) is 0 Å². The van der Waals surface area contributed by atoms with Crippen LogP contribution < -0.4 is 14.8 Å². The summed E-state index contributed by atoms with van der Waals surface area (Å²) >= 11 is 1.28. The average molecular weight is 413 g/mol. The van der Waals surface area contributed by atoms with Crippen LogP contribution in [-0.4, -0.2) is 32.9 Å². The van der Waals surface area contributed by atoms with E-state index >= 15 is 0 Å². The Morgan fingerprint density at radius 1 is 1.17 bits per heavy atom. The molecule has 0 spiro atoms. The molecular formula is C21H24N4O3S. The molecule has 1 atom stereocenters. The van der Waals surface area contributed by atoms with Gasteiger partial charge >= 0.3 is 0 Å². The Labute approximate surface area is 174 Å². The van der Waals surface area contributed by atoms with Crippen molar-refractivity contribution in [1.29, 1.82) is 0 Å². The van der Waals surface area contributed by atoms with Gasteiger partial charge < -0.3 is 14.8 Å². The monoisotopic (exact) mass is 412 g/mol. The number of nitrogens with one attached hydrogen (secondary N) is 2. The number of aromatic nitrogens is 3. The number of amides is 1. The number of hydrogen-bond acceptors (Lipinski definition) is 6. The summed E-state index contributed by atoms with van der Waals surface area (Å²) in [6, 6.07) is 15.1. The van der Waals surface area contributed by atoms with Crippen LogP contribution in [0.1, 0.15) is 25.2 Å². The molecule has 0 fully saturated rings. The maximum absolute atomic E-state index is 12.4. The number of hydrogen-bond donors (Lipinski definition) is 2. The van der Waals surface area contributed by atoms with Crippen molar-refractivity contribution in [2.75, 3.05) is 11.9 Å². The molecule has 29 heavy (non-hydrogen) atoms. The SMILES string of the molecule is CCOc1ccc(NC(=O)[C@@H](C)Sc2n[nH]c(COc3ccccc3C)n2)cc1. The van der Waals surface area contributed by atoms with Crippen molar-refractivity contribution in [3.05, 3.63) is 59.9 Å². The molecule has 0 aliphatic heterocycles. The first kappa shape index (κ1) is 20.7. The summed E-state index contributed by atoms with van der Waals surface area (Å²) in [5.41, 5.74) is 1.77. The van der Waals surface area contributed by atoms with Gasteiger partial charge in [-0.3, -0.25) is 9.89 Å². The van der Waals surface area contributed by atoms with Gasteiger partial charge in [-0.2, -0.15) is 0 Å². The minimum Gasteiger partial charge on any atom is -0.494 e. The van der Waals surface area contributed by atoms with E-state index in [1.165, 1.54) is 11.8 Å². The van der Waals surface area contributed by atoms with Crippen LogP contribution in [0.2, 0.25) is 0 Å². The molecule has 0 radical (unpaired) electrons. The van der Waals surface area contributed by atoms with Gasteiger partial charge in [-0.15, -0.1) is 5.10 Å². The molecule has 2 N–H and O–H groups in total. The van der Waals surface area contributed by atoms with Crippen LogP contribution in [-0.2, 0) is 11.4 Å². The number of thioether (sulfide) groups is 1. The topological polar surface area (TPSA) is 89.1 Å². The Bertz CT molecular complexity index is 943. The molecule has 0 saturated heterocycles. The summed E-state index contributed by atoms with van der Waals surface area (Å²) in [6.07, 6.45) is 0. The number of nitrogens with zero attached hydrogens (tertiary/aromatic N) is 2. The second kappa shape index (κ2) is 9.97. The quantitative estimate of drug-likeness (QED) is 0.512. The van der Waals surface area contributed by atoms with Crippen LogP contribution in [0.3, 0.4) is 0 Å². The predicted molar refractivity (Wildman–Crippen MR) is 113 cm³/mol. The third kappa shape index (κ3) is 5.99. The fraction of sp³-hybridized carbons (Fsp3) is 0.286. The van der Waals surface area contributed by atoms with Crippen molar-refractivity contribution >= 4 is 23.4 Å². The highest BCUT2D eigenvalue weighted by Crippen LogP contribution is 2.22. The van der Waals surface area contributed by atoms with E-state index in [2.05, 4.69) is 20.5 Å². The lowest BCUT2D eigenvalue weighted by Crippen LogP contribution is -2.22. The van der Waals surface area contributed by atoms with Gasteiger partial charge in [0.1, 0.15) is 18.1 Å². The van der Waals surface area contributed by atoms with Crippen molar-refractivity contribution < 1.29 is 14.3 Å². The Balaban J connectivity index is 1.50. The highest BCUT2D eigenvalue weighted by Gasteiger charge is 2.17. The molecule has 8 heteroatoms. The minimum atomic E-state index is -0.359. The highest BCUT2D eigenvalue weighted by atomic mass is 32.2. The average Bonchev–Trinajstić information content (AvgIpc) is 3.16. The van der Waals surface area contributed by atoms with E-state index in [-0.39, 0.29) is 17.8 Å². The zero-order valence-electron chi connectivity index (χ0n) is 16.6. The number of ether oxygens (including phenoxy) is 2. The molecule has 7 nitrogen and oxygen atoms in total. The number of rotatable bonds is 9. The van der Waals surface area contributed by atoms with Crippen molar-refractivity contribution in [2.24, 2.45) is 0 Å². The standard InChI is InChI=1S/C21H24N4O3S/c1-4-27-17-11-9-16(10-12-17)22-20(26)15(3)29-21-23-19(24-25-21)13-28-18-8-6-5-7-14(18)2/h5-12,15H,4,13H2,1-3H3,(H,22,26)(H,23,24,25)/t15-/m1/s1. The fourth-order valence-corrected chi connectivity index (χ4v) is 3.26. The number of anilines is 1. The second-order valence-electron chi connectivity index (χ2n) is 6.33. The zero-order chi connectivity index (χ0) is 20.6. The van der Waals surface area contributed by atoms with E-state index in [9.17, 15) is 4.79 Å². The molecule has 0 unspecified atom stereocenters. The molecule has 3 rings (SSSR count). The Kier molecular flexibility index (Phi) is 7.13. The smallest absolute Gasteiger partial charge is 0.237 e. The lowest BCUT2D eigenvalue weighted by atomic mass is 10.2. The first-order chi connectivity index (χ1) is 14.0. The molecule has 2 aromatic carbocycles. The summed E-state index contributed by atoms with van der Waals surface area (Å²) in [5.74, 6) is 2.06. The lowest BCUT2D eigenvalue weighted by Gasteiger charge is -2.11. The zero-order valence-corrected chi connectivity index (χ0v) is 17.5. The van der Waals surface area contributed by atoms with Gasteiger partial charge in [-0.1, -0.05) is 30.0 Å². The first-order valence-electron chi connectivity index (χ1n) is 9.35. The maximum Gasteiger partial charge on any atom is 0.237 e. The molecular weight excluding hydrogens is 388 g/mol. The van der Waals surface area contributed by atoms with E-state index in [1.54, 1.807) is 0 Å². The van der Waals surface area contributed by atoms with Crippen LogP contribution >= 0.6 is 11.8 Å². The Morgan fingerprint density at radius 3 is 2.66 bits per heavy atom. The van der Waals surface area contributed by atoms with E-state index < -0.39 is 0 Å². The lowest BCUT2D eigenvalue weighted by molar-refractivity contribution is -0.115. The van der Waals surface area contributed by atoms with Crippen LogP contribution in [0.15, 0.2) is 53.7 Å². The number of aromatic amines is 1. The molecule has 152 valence electrons. The van der Waals surface area contributed by atoms with Crippen molar-refractivity contribution in [2.45, 2.75) is 37.8 Å². The fourth-order valence-electron chi connectivity index (χ4n) is 2.52. The number of aryl methyl sites for hydroxylation is 1. The number of benzene rings is 2. The van der Waals surface area contributed by atoms with Gasteiger partial charge in [0.2, 0.25) is 11.1 Å². The molecule has 1 amide bonds. The highest BCUT2D eigenvalue weighted by molar-refractivity contribution is 8.00. The number of carbonyl (C=O) groups is 1. The van der Waals surface area contributed by atoms with Crippen LogP contribution in [0.4, 0.5) is 5.69 Å². The number of H-pyrrole nitrogens is 1. The largest absolute Gasteiger partial charge is 0.494 e. The summed E-state index contributed by atoms with van der Waals surface area (Å²) < 4.78 is 11.2. The molecule has 0 saturated carbocycles. The summed E-state index contributed by atoms with van der Waals surface area (Å²) in [4.78, 5) is 16.8. The third-order valence-corrected chi connectivity index (χ3v) is 5.01. The van der Waals surface area contributed by atoms with Gasteiger partial charge in [-0.25, -0.2) is 4.98 Å². The van der Waals surface area contributed by atoms with Crippen LogP contribution in [0.25, 0.3) is 0 Å². The Morgan fingerprint density at radius 2 is 1.93 bits per heavy atom. The first-order valence-corrected chi connectivity index (χ1v) is 10.2. The molecule has 0 bridgehead atoms. The predicted octanol–water partition coefficient (Wildman–Crippen LogP) is 4.21. The molecule has 0 aliphatic carbocycles. The molecule has 3 aromatic rings. The summed E-state index contributed by atoms with van der Waals surface area (Å²) in [5, 5.41) is 10.0. The van der Waals surface area contributed by atoms with Crippen molar-refractivity contribution in [1.82, 2.24) is 15.2 Å². The minimum absolute atomic E-state index is 0.123. The van der Waals surface area contributed by atoms with E-state index in [4.69, 9.17) is 9.47 Å². The second-order valence-corrected chi connectivity index (χ2v) is 7.63. The number of para-hydroxylation sites is 1. The molecule has 1 aromatic heterocycles. The Hall–Kier alpha value is -3.00. The van der Waals surface area contributed by atoms with Crippen molar-refractivity contribution in [3.8, 4) is 11.5 Å². The van der Waals surface area contributed by atoms with Gasteiger partial charge in [0.25, 0.3) is 0 Å². The van der Waals surface area contributed by atoms with Gasteiger partial charge in [0.05, 0.1) is 11.9 Å². The molecule has 0 aliphatic rings. The van der Waals surface area contributed by atoms with Gasteiger partial charge in [0, 0.05) is 5.69 Å². The normalized spacial score (nSPS) is 11.7. The van der Waals surface area contributed by atoms with E-state index in [1.807, 2.05) is 69.3 Å². The van der Waals surface area contributed by atoms with Gasteiger partial charge in [0.15, 0.2) is 5.82 Å². The van der Waals surface area contributed by atoms with E-state index in [0.717, 1.165) is 17.1 Å². The number of carbonyl (C=O) groups excluding carboxylic acids is 1. The maximum atomic E-state index is 12.4. The van der Waals surface area contributed by atoms with Crippen LogP contribution in [0.5, 0.6) is 11.5 Å². The third-order valence-electron chi connectivity index (χ3n) is 4.05. The van der Waals surface area contributed by atoms with Gasteiger partial charge in [-0.05, 0) is 56.7 Å². The van der Waals surface area contributed by atoms with E-state index in [0.29, 0.717) is 23.3 Å². The summed E-state index contributed by atoms with van der Waals surface area (Å²) in [6.45, 7) is 6.62. The molecule has 1 heterocycles.